The van der Waals surface area contributed by atoms with Crippen molar-refractivity contribution in [3.63, 3.8) is 0 Å². The van der Waals surface area contributed by atoms with Gasteiger partial charge in [-0.3, -0.25) is 14.0 Å². The van der Waals surface area contributed by atoms with Crippen molar-refractivity contribution >= 4 is 0 Å². The standard InChI is InChI=1S/C32H31F2N5O2/c1-5-21-9-8-10-22(6-2)28(21)39-30(27-14-16-38(7-3)37-27)36-31(40)25(32(39)41)17-20-11-12-24(26(33)18-20)23-13-15-35-29(34)19(23)4/h8-16,18,41H,5-7,17H2,1-4H3. The van der Waals surface area contributed by atoms with E-state index in [1.165, 1.54) is 12.3 Å². The second kappa shape index (κ2) is 11.4. The SMILES string of the molecule is CCc1cccc(CC)c1-n1c(-c2ccn(CC)n2)nc(=O)c(Cc2ccc(-c3ccnc(F)c3C)c(F)c2)c1O. The summed E-state index contributed by atoms with van der Waals surface area (Å²) in [6.45, 7) is 8.18. The molecule has 0 saturated carbocycles. The molecule has 2 aromatic carbocycles. The number of hydrogen-bond acceptors (Lipinski definition) is 5. The molecule has 3 heterocycles. The fraction of sp³-hybridized carbons (Fsp3) is 0.250. The van der Waals surface area contributed by atoms with Crippen LogP contribution in [0.15, 0.2) is 65.7 Å². The molecule has 0 atom stereocenters. The Balaban J connectivity index is 1.68. The molecular weight excluding hydrogens is 524 g/mol. The average molecular weight is 556 g/mol. The van der Waals surface area contributed by atoms with Crippen LogP contribution >= 0.6 is 0 Å². The highest BCUT2D eigenvalue weighted by molar-refractivity contribution is 5.68. The fourth-order valence-electron chi connectivity index (χ4n) is 5.14. The van der Waals surface area contributed by atoms with Crippen molar-refractivity contribution in [1.82, 2.24) is 24.3 Å². The van der Waals surface area contributed by atoms with Crippen molar-refractivity contribution in [2.24, 2.45) is 0 Å². The maximum Gasteiger partial charge on any atom is 0.280 e. The summed E-state index contributed by atoms with van der Waals surface area (Å²) < 4.78 is 32.6. The molecule has 0 aliphatic carbocycles. The Kier molecular flexibility index (Phi) is 7.79. The summed E-state index contributed by atoms with van der Waals surface area (Å²) >= 11 is 0. The number of halogens is 2. The van der Waals surface area contributed by atoms with E-state index in [0.29, 0.717) is 36.2 Å². The van der Waals surface area contributed by atoms with Gasteiger partial charge >= 0.3 is 0 Å². The van der Waals surface area contributed by atoms with Crippen LogP contribution in [0.4, 0.5) is 8.78 Å². The molecule has 9 heteroatoms. The molecule has 7 nitrogen and oxygen atoms in total. The van der Waals surface area contributed by atoms with E-state index in [-0.39, 0.29) is 34.8 Å². The van der Waals surface area contributed by atoms with Gasteiger partial charge in [-0.15, -0.1) is 0 Å². The van der Waals surface area contributed by atoms with Gasteiger partial charge in [0.25, 0.3) is 5.56 Å². The summed E-state index contributed by atoms with van der Waals surface area (Å²) in [5, 5.41) is 16.3. The van der Waals surface area contributed by atoms with Crippen molar-refractivity contribution in [2.45, 2.75) is 53.5 Å². The molecule has 0 amide bonds. The van der Waals surface area contributed by atoms with Crippen LogP contribution in [0, 0.1) is 18.7 Å². The minimum absolute atomic E-state index is 0.0370. The van der Waals surface area contributed by atoms with E-state index >= 15 is 4.39 Å². The van der Waals surface area contributed by atoms with E-state index < -0.39 is 17.3 Å². The summed E-state index contributed by atoms with van der Waals surface area (Å²) in [5.41, 5.74) is 3.89. The minimum atomic E-state index is -0.662. The molecule has 1 N–H and O–H groups in total. The van der Waals surface area contributed by atoms with Gasteiger partial charge < -0.3 is 5.11 Å². The zero-order chi connectivity index (χ0) is 29.3. The maximum absolute atomic E-state index is 15.3. The lowest BCUT2D eigenvalue weighted by atomic mass is 9.98. The third kappa shape index (κ3) is 5.15. The first kappa shape index (κ1) is 27.9. The molecule has 0 fully saturated rings. The van der Waals surface area contributed by atoms with E-state index in [4.69, 9.17) is 0 Å². The Morgan fingerprint density at radius 3 is 2.32 bits per heavy atom. The third-order valence-electron chi connectivity index (χ3n) is 7.39. The fourth-order valence-corrected chi connectivity index (χ4v) is 5.14. The van der Waals surface area contributed by atoms with E-state index in [1.54, 1.807) is 46.6 Å². The second-order valence-corrected chi connectivity index (χ2v) is 9.83. The Morgan fingerprint density at radius 2 is 1.68 bits per heavy atom. The number of rotatable bonds is 8. The molecule has 0 aliphatic rings. The van der Waals surface area contributed by atoms with Gasteiger partial charge in [0.2, 0.25) is 11.8 Å². The molecule has 5 aromatic rings. The Bertz CT molecular complexity index is 1790. The van der Waals surface area contributed by atoms with Crippen molar-refractivity contribution in [3.05, 3.63) is 111 Å². The molecule has 5 rings (SSSR count). The van der Waals surface area contributed by atoms with Crippen LogP contribution in [-0.2, 0) is 25.8 Å². The number of pyridine rings is 1. The summed E-state index contributed by atoms with van der Waals surface area (Å²) in [6.07, 6.45) is 4.41. The van der Waals surface area contributed by atoms with Crippen LogP contribution in [0.5, 0.6) is 5.88 Å². The quantitative estimate of drug-likeness (QED) is 0.231. The smallest absolute Gasteiger partial charge is 0.280 e. The number of benzene rings is 2. The van der Waals surface area contributed by atoms with Gasteiger partial charge in [-0.2, -0.15) is 14.5 Å². The van der Waals surface area contributed by atoms with Gasteiger partial charge in [-0.05, 0) is 67.1 Å². The second-order valence-electron chi connectivity index (χ2n) is 9.83. The Labute approximate surface area is 236 Å². The molecule has 0 bridgehead atoms. The topological polar surface area (TPSA) is 85.8 Å². The normalized spacial score (nSPS) is 11.3. The Morgan fingerprint density at radius 1 is 0.951 bits per heavy atom. The van der Waals surface area contributed by atoms with Gasteiger partial charge in [-0.1, -0.05) is 44.2 Å². The number of para-hydroxylation sites is 1. The zero-order valence-electron chi connectivity index (χ0n) is 23.4. The third-order valence-corrected chi connectivity index (χ3v) is 7.39. The van der Waals surface area contributed by atoms with E-state index in [1.807, 2.05) is 39.0 Å². The molecule has 41 heavy (non-hydrogen) atoms. The van der Waals surface area contributed by atoms with Crippen LogP contribution in [0.2, 0.25) is 0 Å². The largest absolute Gasteiger partial charge is 0.494 e. The van der Waals surface area contributed by atoms with E-state index in [0.717, 1.165) is 16.8 Å². The van der Waals surface area contributed by atoms with Crippen LogP contribution < -0.4 is 5.56 Å². The molecule has 0 aliphatic heterocycles. The van der Waals surface area contributed by atoms with E-state index in [9.17, 15) is 14.3 Å². The van der Waals surface area contributed by atoms with E-state index in [2.05, 4.69) is 15.1 Å². The molecule has 0 unspecified atom stereocenters. The highest BCUT2D eigenvalue weighted by atomic mass is 19.1. The number of aryl methyl sites for hydroxylation is 3. The molecule has 3 aromatic heterocycles. The summed E-state index contributed by atoms with van der Waals surface area (Å²) in [4.78, 5) is 21.4. The van der Waals surface area contributed by atoms with Crippen LogP contribution in [0.25, 0.3) is 28.3 Å². The lowest BCUT2D eigenvalue weighted by molar-refractivity contribution is 0.428. The lowest BCUT2D eigenvalue weighted by Crippen LogP contribution is -2.21. The molecular formula is C32H31F2N5O2. The van der Waals surface area contributed by atoms with Gasteiger partial charge in [-0.25, -0.2) is 9.37 Å². The van der Waals surface area contributed by atoms with Crippen LogP contribution in [0.3, 0.4) is 0 Å². The van der Waals surface area contributed by atoms with Gasteiger partial charge in [0.1, 0.15) is 11.5 Å². The lowest BCUT2D eigenvalue weighted by Gasteiger charge is -2.21. The number of aromatic nitrogens is 5. The summed E-state index contributed by atoms with van der Waals surface area (Å²) in [6, 6.07) is 13.8. The summed E-state index contributed by atoms with van der Waals surface area (Å²) in [5.74, 6) is -1.27. The predicted octanol–water partition coefficient (Wildman–Crippen LogP) is 6.19. The number of aromatic hydroxyl groups is 1. The molecule has 210 valence electrons. The molecule has 0 radical (unpaired) electrons. The van der Waals surface area contributed by atoms with Crippen molar-refractivity contribution in [1.29, 1.82) is 0 Å². The van der Waals surface area contributed by atoms with Gasteiger partial charge in [0.15, 0.2) is 5.82 Å². The maximum atomic E-state index is 15.3. The van der Waals surface area contributed by atoms with Gasteiger partial charge in [0.05, 0.1) is 11.3 Å². The highest BCUT2D eigenvalue weighted by Gasteiger charge is 2.24. The van der Waals surface area contributed by atoms with Crippen molar-refractivity contribution in [3.8, 4) is 34.2 Å². The zero-order valence-corrected chi connectivity index (χ0v) is 23.4. The highest BCUT2D eigenvalue weighted by Crippen LogP contribution is 2.33. The first-order valence-electron chi connectivity index (χ1n) is 13.7. The monoisotopic (exact) mass is 555 g/mol. The Hall–Kier alpha value is -4.66. The minimum Gasteiger partial charge on any atom is -0.494 e. The van der Waals surface area contributed by atoms with Crippen LogP contribution in [0.1, 0.15) is 48.6 Å². The number of nitrogens with zero attached hydrogens (tertiary/aromatic N) is 5. The summed E-state index contributed by atoms with van der Waals surface area (Å²) in [7, 11) is 0. The van der Waals surface area contributed by atoms with Crippen molar-refractivity contribution in [2.75, 3.05) is 0 Å². The molecule has 0 spiro atoms. The first-order valence-corrected chi connectivity index (χ1v) is 13.7. The average Bonchev–Trinajstić information content (AvgIpc) is 3.46. The molecule has 0 saturated heterocycles. The van der Waals surface area contributed by atoms with Gasteiger partial charge in [0, 0.05) is 36.5 Å². The van der Waals surface area contributed by atoms with Crippen molar-refractivity contribution < 1.29 is 13.9 Å². The first-order chi connectivity index (χ1) is 19.8. The number of hydrogen-bond donors (Lipinski definition) is 1. The van der Waals surface area contributed by atoms with Crippen LogP contribution in [-0.4, -0.2) is 29.4 Å². The predicted molar refractivity (Wildman–Crippen MR) is 154 cm³/mol.